The maximum Gasteiger partial charge on any atom is 0.188 e. The maximum atomic E-state index is 4.27. The van der Waals surface area contributed by atoms with E-state index in [4.69, 9.17) is 0 Å². The van der Waals surface area contributed by atoms with E-state index in [1.807, 2.05) is 23.6 Å². The van der Waals surface area contributed by atoms with Gasteiger partial charge in [0.15, 0.2) is 5.13 Å². The highest BCUT2D eigenvalue weighted by Gasteiger charge is 2.06. The first-order valence-electron chi connectivity index (χ1n) is 3.99. The van der Waals surface area contributed by atoms with Crippen molar-refractivity contribution in [3.8, 4) is 0 Å². The van der Waals surface area contributed by atoms with Gasteiger partial charge in [0.25, 0.3) is 0 Å². The van der Waals surface area contributed by atoms with Gasteiger partial charge in [-0.05, 0) is 59.9 Å². The van der Waals surface area contributed by atoms with Crippen LogP contribution in [0.5, 0.6) is 0 Å². The van der Waals surface area contributed by atoms with Crippen molar-refractivity contribution < 1.29 is 0 Å². The SMILES string of the molecule is Brc1csc(Nc2c(Br)cccc2Br)n1. The predicted octanol–water partition coefficient (Wildman–Crippen LogP) is 5.17. The van der Waals surface area contributed by atoms with E-state index in [1.54, 1.807) is 11.3 Å². The molecule has 0 saturated heterocycles. The zero-order chi connectivity index (χ0) is 10.8. The molecule has 0 aliphatic rings. The number of anilines is 2. The molecule has 1 heterocycles. The molecule has 0 aliphatic carbocycles. The van der Waals surface area contributed by atoms with Crippen LogP contribution in [0.4, 0.5) is 10.8 Å². The van der Waals surface area contributed by atoms with Crippen LogP contribution in [0.3, 0.4) is 0 Å². The first-order chi connectivity index (χ1) is 7.16. The fourth-order valence-corrected chi connectivity index (χ4v) is 3.38. The molecule has 0 amide bonds. The van der Waals surface area contributed by atoms with Crippen LogP contribution in [0.15, 0.2) is 37.1 Å². The standard InChI is InChI=1S/C9H5Br3N2S/c10-5-2-1-3-6(11)8(5)14-9-13-7(12)4-15-9/h1-4H,(H,13,14). The van der Waals surface area contributed by atoms with Gasteiger partial charge in [0.1, 0.15) is 4.60 Å². The number of benzene rings is 1. The Kier molecular flexibility index (Phi) is 3.82. The van der Waals surface area contributed by atoms with E-state index in [2.05, 4.69) is 58.1 Å². The molecule has 1 N–H and O–H groups in total. The van der Waals surface area contributed by atoms with Crippen LogP contribution < -0.4 is 5.32 Å². The first kappa shape index (κ1) is 11.6. The summed E-state index contributed by atoms with van der Waals surface area (Å²) in [4.78, 5) is 4.27. The van der Waals surface area contributed by atoms with Crippen molar-refractivity contribution >= 4 is 69.9 Å². The number of hydrogen-bond donors (Lipinski definition) is 1. The Morgan fingerprint density at radius 2 is 1.80 bits per heavy atom. The van der Waals surface area contributed by atoms with E-state index in [9.17, 15) is 0 Å². The summed E-state index contributed by atoms with van der Waals surface area (Å²) in [5.41, 5.74) is 0.986. The maximum absolute atomic E-state index is 4.27. The molecule has 0 spiro atoms. The number of aromatic nitrogens is 1. The van der Waals surface area contributed by atoms with Crippen LogP contribution in [0, 0.1) is 0 Å². The Labute approximate surface area is 117 Å². The predicted molar refractivity (Wildman–Crippen MR) is 74.9 cm³/mol. The fraction of sp³-hybridized carbons (Fsp3) is 0. The summed E-state index contributed by atoms with van der Waals surface area (Å²) in [5.74, 6) is 0. The average Bonchev–Trinajstić information content (AvgIpc) is 2.58. The molecular weight excluding hydrogens is 408 g/mol. The highest BCUT2D eigenvalue weighted by Crippen LogP contribution is 2.34. The summed E-state index contributed by atoms with van der Waals surface area (Å²) in [6, 6.07) is 5.93. The van der Waals surface area contributed by atoms with Crippen LogP contribution in [-0.4, -0.2) is 4.98 Å². The van der Waals surface area contributed by atoms with Crippen LogP contribution in [-0.2, 0) is 0 Å². The first-order valence-corrected chi connectivity index (χ1v) is 7.25. The monoisotopic (exact) mass is 410 g/mol. The molecule has 2 aromatic rings. The molecule has 1 aromatic carbocycles. The van der Waals surface area contributed by atoms with Gasteiger partial charge >= 0.3 is 0 Å². The van der Waals surface area contributed by atoms with E-state index in [0.29, 0.717) is 0 Å². The van der Waals surface area contributed by atoms with E-state index < -0.39 is 0 Å². The van der Waals surface area contributed by atoms with Crippen molar-refractivity contribution in [3.63, 3.8) is 0 Å². The Balaban J connectivity index is 2.31. The summed E-state index contributed by atoms with van der Waals surface area (Å²) < 4.78 is 2.85. The molecule has 2 rings (SSSR count). The van der Waals surface area contributed by atoms with E-state index >= 15 is 0 Å². The second-order valence-electron chi connectivity index (χ2n) is 2.70. The van der Waals surface area contributed by atoms with Crippen molar-refractivity contribution in [2.45, 2.75) is 0 Å². The van der Waals surface area contributed by atoms with Gasteiger partial charge in [-0.15, -0.1) is 11.3 Å². The third-order valence-corrected chi connectivity index (χ3v) is 4.46. The van der Waals surface area contributed by atoms with Gasteiger partial charge in [0, 0.05) is 14.3 Å². The highest BCUT2D eigenvalue weighted by molar-refractivity contribution is 9.11. The van der Waals surface area contributed by atoms with Gasteiger partial charge in [0.2, 0.25) is 0 Å². The minimum atomic E-state index is 0.846. The number of nitrogens with zero attached hydrogens (tertiary/aromatic N) is 1. The van der Waals surface area contributed by atoms with Gasteiger partial charge in [-0.3, -0.25) is 0 Å². The molecule has 0 bridgehead atoms. The minimum Gasteiger partial charge on any atom is -0.330 e. The van der Waals surface area contributed by atoms with E-state index in [1.165, 1.54) is 0 Å². The molecule has 78 valence electrons. The topological polar surface area (TPSA) is 24.9 Å². The van der Waals surface area contributed by atoms with Crippen molar-refractivity contribution in [3.05, 3.63) is 37.1 Å². The van der Waals surface area contributed by atoms with Gasteiger partial charge in [-0.25, -0.2) is 4.98 Å². The molecule has 0 atom stereocenters. The fourth-order valence-electron chi connectivity index (χ4n) is 1.04. The summed E-state index contributed by atoms with van der Waals surface area (Å²) in [5, 5.41) is 6.04. The number of para-hydroxylation sites is 1. The lowest BCUT2D eigenvalue weighted by atomic mass is 10.3. The molecule has 6 heteroatoms. The van der Waals surface area contributed by atoms with Crippen molar-refractivity contribution in [1.82, 2.24) is 4.98 Å². The van der Waals surface area contributed by atoms with Gasteiger partial charge in [-0.1, -0.05) is 6.07 Å². The third kappa shape index (κ3) is 2.81. The summed E-state index contributed by atoms with van der Waals surface area (Å²) in [6.45, 7) is 0. The van der Waals surface area contributed by atoms with Gasteiger partial charge in [-0.2, -0.15) is 0 Å². The quantitative estimate of drug-likeness (QED) is 0.735. The van der Waals surface area contributed by atoms with E-state index in [0.717, 1.165) is 24.4 Å². The van der Waals surface area contributed by atoms with Gasteiger partial charge in [0.05, 0.1) is 5.69 Å². The molecule has 15 heavy (non-hydrogen) atoms. The van der Waals surface area contributed by atoms with Crippen LogP contribution >= 0.6 is 59.1 Å². The number of nitrogens with one attached hydrogen (secondary N) is 1. The Morgan fingerprint density at radius 1 is 1.13 bits per heavy atom. The summed E-state index contributed by atoms with van der Waals surface area (Å²) >= 11 is 11.8. The second kappa shape index (κ2) is 4.95. The molecular formula is C9H5Br3N2S. The van der Waals surface area contributed by atoms with Crippen LogP contribution in [0.25, 0.3) is 0 Å². The summed E-state index contributed by atoms with van der Waals surface area (Å²) in [7, 11) is 0. The van der Waals surface area contributed by atoms with Crippen molar-refractivity contribution in [1.29, 1.82) is 0 Å². The zero-order valence-electron chi connectivity index (χ0n) is 7.30. The van der Waals surface area contributed by atoms with Crippen molar-refractivity contribution in [2.75, 3.05) is 5.32 Å². The van der Waals surface area contributed by atoms with Crippen LogP contribution in [0.2, 0.25) is 0 Å². The molecule has 0 saturated carbocycles. The number of hydrogen-bond acceptors (Lipinski definition) is 3. The number of halogens is 3. The molecule has 0 unspecified atom stereocenters. The van der Waals surface area contributed by atoms with E-state index in [-0.39, 0.29) is 0 Å². The average molecular weight is 413 g/mol. The molecule has 0 fully saturated rings. The lowest BCUT2D eigenvalue weighted by Gasteiger charge is -2.07. The summed E-state index contributed by atoms with van der Waals surface area (Å²) in [6.07, 6.45) is 0. The lowest BCUT2D eigenvalue weighted by molar-refractivity contribution is 1.34. The van der Waals surface area contributed by atoms with Gasteiger partial charge < -0.3 is 5.32 Å². The van der Waals surface area contributed by atoms with Crippen molar-refractivity contribution in [2.24, 2.45) is 0 Å². The Morgan fingerprint density at radius 3 is 2.33 bits per heavy atom. The molecule has 1 aromatic heterocycles. The largest absolute Gasteiger partial charge is 0.330 e. The minimum absolute atomic E-state index is 0.846. The second-order valence-corrected chi connectivity index (χ2v) is 6.08. The Hall–Kier alpha value is 0.0900. The molecule has 0 aliphatic heterocycles. The highest BCUT2D eigenvalue weighted by atomic mass is 79.9. The molecule has 0 radical (unpaired) electrons. The number of rotatable bonds is 2. The third-order valence-electron chi connectivity index (χ3n) is 1.67. The molecule has 2 nitrogen and oxygen atoms in total. The Bertz CT molecular complexity index is 464. The normalized spacial score (nSPS) is 10.3. The van der Waals surface area contributed by atoms with Crippen LogP contribution in [0.1, 0.15) is 0 Å². The lowest BCUT2D eigenvalue weighted by Crippen LogP contribution is -1.91. The smallest absolute Gasteiger partial charge is 0.188 e. The number of thiazole rings is 1. The zero-order valence-corrected chi connectivity index (χ0v) is 12.9.